The van der Waals surface area contributed by atoms with Crippen LogP contribution in [0.25, 0.3) is 11.0 Å². The number of para-hydroxylation sites is 1. The lowest BCUT2D eigenvalue weighted by Gasteiger charge is -2.14. The number of hydrogen-bond acceptors (Lipinski definition) is 5. The lowest BCUT2D eigenvalue weighted by atomic mass is 10.1. The van der Waals surface area contributed by atoms with Gasteiger partial charge in [0.2, 0.25) is 0 Å². The molecule has 1 N–H and O–H groups in total. The monoisotopic (exact) mass is 337 g/mol. The van der Waals surface area contributed by atoms with Gasteiger partial charge in [-0.25, -0.2) is 8.42 Å². The molecule has 1 fully saturated rings. The fourth-order valence-corrected chi connectivity index (χ4v) is 4.88. The highest BCUT2D eigenvalue weighted by molar-refractivity contribution is 7.91. The molecule has 0 amide bonds. The molecule has 0 unspecified atom stereocenters. The highest BCUT2D eigenvalue weighted by Gasteiger charge is 2.28. The molecule has 2 heterocycles. The van der Waals surface area contributed by atoms with Crippen molar-refractivity contribution in [1.29, 1.82) is 0 Å². The largest absolute Gasteiger partial charge is 0.490 e. The summed E-state index contributed by atoms with van der Waals surface area (Å²) in [4.78, 5) is 0. The maximum atomic E-state index is 11.5. The number of rotatable bonds is 6. The quantitative estimate of drug-likeness (QED) is 0.878. The van der Waals surface area contributed by atoms with Crippen LogP contribution in [-0.2, 0) is 9.84 Å². The molecule has 2 aromatic rings. The van der Waals surface area contributed by atoms with Crippen molar-refractivity contribution in [2.45, 2.75) is 26.3 Å². The van der Waals surface area contributed by atoms with Crippen LogP contribution in [0.15, 0.2) is 28.7 Å². The van der Waals surface area contributed by atoms with Crippen LogP contribution in [0.5, 0.6) is 5.75 Å². The number of ether oxygens (including phenoxy) is 1. The second-order valence-corrected chi connectivity index (χ2v) is 8.38. The maximum absolute atomic E-state index is 11.5. The molecule has 23 heavy (non-hydrogen) atoms. The predicted molar refractivity (Wildman–Crippen MR) is 90.6 cm³/mol. The first kappa shape index (κ1) is 16.3. The normalized spacial score (nSPS) is 21.6. The van der Waals surface area contributed by atoms with Gasteiger partial charge in [0.15, 0.2) is 21.2 Å². The van der Waals surface area contributed by atoms with Gasteiger partial charge in [-0.2, -0.15) is 0 Å². The van der Waals surface area contributed by atoms with Crippen LogP contribution in [0.4, 0.5) is 0 Å². The fourth-order valence-electron chi connectivity index (χ4n) is 3.02. The van der Waals surface area contributed by atoms with Crippen LogP contribution in [0.1, 0.15) is 32.1 Å². The van der Waals surface area contributed by atoms with E-state index in [4.69, 9.17) is 9.15 Å². The SMILES string of the molecule is CCOc1cccc2cc([C@H](C)NC[C@H]3CCS(=O)(=O)C3)oc12. The second kappa shape index (κ2) is 6.53. The minimum atomic E-state index is -2.82. The standard InChI is InChI=1S/C17H23NO4S/c1-3-21-15-6-4-5-14-9-16(22-17(14)15)12(2)18-10-13-7-8-23(19,20)11-13/h4-6,9,12-13,18H,3,7-8,10-11H2,1-2H3/t12-,13+/m0/s1. The number of furan rings is 1. The van der Waals surface area contributed by atoms with E-state index in [9.17, 15) is 8.42 Å². The van der Waals surface area contributed by atoms with E-state index in [0.717, 1.165) is 28.9 Å². The predicted octanol–water partition coefficient (Wildman–Crippen LogP) is 2.92. The van der Waals surface area contributed by atoms with Gasteiger partial charge in [0.25, 0.3) is 0 Å². The van der Waals surface area contributed by atoms with Crippen molar-refractivity contribution in [3.05, 3.63) is 30.0 Å². The molecule has 0 bridgehead atoms. The van der Waals surface area contributed by atoms with Crippen LogP contribution < -0.4 is 10.1 Å². The van der Waals surface area contributed by atoms with E-state index in [0.29, 0.717) is 24.7 Å². The summed E-state index contributed by atoms with van der Waals surface area (Å²) in [5.41, 5.74) is 0.765. The average molecular weight is 337 g/mol. The van der Waals surface area contributed by atoms with E-state index >= 15 is 0 Å². The van der Waals surface area contributed by atoms with Gasteiger partial charge < -0.3 is 14.5 Å². The Morgan fingerprint density at radius 2 is 2.26 bits per heavy atom. The number of sulfone groups is 1. The summed E-state index contributed by atoms with van der Waals surface area (Å²) >= 11 is 0. The summed E-state index contributed by atoms with van der Waals surface area (Å²) in [7, 11) is -2.82. The van der Waals surface area contributed by atoms with Gasteiger partial charge in [0, 0.05) is 5.39 Å². The van der Waals surface area contributed by atoms with Crippen molar-refractivity contribution >= 4 is 20.8 Å². The summed E-state index contributed by atoms with van der Waals surface area (Å²) < 4.78 is 34.6. The zero-order valence-corrected chi connectivity index (χ0v) is 14.4. The van der Waals surface area contributed by atoms with Crippen LogP contribution in [0.2, 0.25) is 0 Å². The third-order valence-electron chi connectivity index (χ3n) is 4.29. The molecule has 3 rings (SSSR count). The van der Waals surface area contributed by atoms with Gasteiger partial charge in [0.05, 0.1) is 24.2 Å². The molecule has 0 spiro atoms. The lowest BCUT2D eigenvalue weighted by molar-refractivity contribution is 0.335. The molecule has 0 radical (unpaired) electrons. The van der Waals surface area contributed by atoms with Gasteiger partial charge in [-0.1, -0.05) is 12.1 Å². The maximum Gasteiger partial charge on any atom is 0.176 e. The van der Waals surface area contributed by atoms with Crippen LogP contribution in [-0.4, -0.2) is 33.1 Å². The van der Waals surface area contributed by atoms with E-state index in [1.807, 2.05) is 38.1 Å². The zero-order valence-electron chi connectivity index (χ0n) is 13.5. The topological polar surface area (TPSA) is 68.5 Å². The molecule has 1 aromatic heterocycles. The van der Waals surface area contributed by atoms with E-state index < -0.39 is 9.84 Å². The summed E-state index contributed by atoms with van der Waals surface area (Å²) in [6, 6.07) is 7.90. The Balaban J connectivity index is 1.69. The average Bonchev–Trinajstić information content (AvgIpc) is 3.09. The fraction of sp³-hybridized carbons (Fsp3) is 0.529. The summed E-state index contributed by atoms with van der Waals surface area (Å²) in [6.07, 6.45) is 0.747. The first-order valence-corrected chi connectivity index (χ1v) is 9.89. The summed E-state index contributed by atoms with van der Waals surface area (Å²) in [5, 5.41) is 4.41. The summed E-state index contributed by atoms with van der Waals surface area (Å²) in [6.45, 7) is 5.26. The van der Waals surface area contributed by atoms with E-state index in [1.165, 1.54) is 0 Å². The van der Waals surface area contributed by atoms with Gasteiger partial charge in [-0.3, -0.25) is 0 Å². The Bertz CT molecular complexity index is 781. The molecule has 0 aliphatic carbocycles. The molecular formula is C17H23NO4S. The molecule has 1 aromatic carbocycles. The summed E-state index contributed by atoms with van der Waals surface area (Å²) in [5.74, 6) is 2.40. The Kier molecular flexibility index (Phi) is 4.64. The zero-order chi connectivity index (χ0) is 16.4. The molecule has 1 aliphatic rings. The van der Waals surface area contributed by atoms with Gasteiger partial charge in [-0.05, 0) is 44.9 Å². The van der Waals surface area contributed by atoms with E-state index in [1.54, 1.807) is 0 Å². The molecular weight excluding hydrogens is 314 g/mol. The Morgan fingerprint density at radius 3 is 2.96 bits per heavy atom. The molecule has 2 atom stereocenters. The van der Waals surface area contributed by atoms with E-state index in [-0.39, 0.29) is 12.0 Å². The minimum Gasteiger partial charge on any atom is -0.490 e. The van der Waals surface area contributed by atoms with E-state index in [2.05, 4.69) is 5.32 Å². The number of nitrogens with one attached hydrogen (secondary N) is 1. The van der Waals surface area contributed by atoms with Crippen molar-refractivity contribution in [3.63, 3.8) is 0 Å². The third kappa shape index (κ3) is 3.70. The van der Waals surface area contributed by atoms with Crippen molar-refractivity contribution in [3.8, 4) is 5.75 Å². The number of hydrogen-bond donors (Lipinski definition) is 1. The van der Waals surface area contributed by atoms with Crippen LogP contribution >= 0.6 is 0 Å². The first-order chi connectivity index (χ1) is 11.0. The van der Waals surface area contributed by atoms with Crippen LogP contribution in [0, 0.1) is 5.92 Å². The van der Waals surface area contributed by atoms with Gasteiger partial charge in [-0.15, -0.1) is 0 Å². The van der Waals surface area contributed by atoms with Gasteiger partial charge in [0.1, 0.15) is 5.76 Å². The lowest BCUT2D eigenvalue weighted by Crippen LogP contribution is -2.26. The van der Waals surface area contributed by atoms with Crippen LogP contribution in [0.3, 0.4) is 0 Å². The Morgan fingerprint density at radius 1 is 1.43 bits per heavy atom. The van der Waals surface area contributed by atoms with Gasteiger partial charge >= 0.3 is 0 Å². The Labute approximate surface area is 136 Å². The number of benzene rings is 1. The number of fused-ring (bicyclic) bond motifs is 1. The molecule has 1 aliphatic heterocycles. The minimum absolute atomic E-state index is 0.0279. The molecule has 0 saturated carbocycles. The molecule has 6 heteroatoms. The first-order valence-electron chi connectivity index (χ1n) is 8.07. The van der Waals surface area contributed by atoms with Crippen molar-refractivity contribution in [1.82, 2.24) is 5.32 Å². The Hall–Kier alpha value is -1.53. The van der Waals surface area contributed by atoms with Crippen molar-refractivity contribution < 1.29 is 17.6 Å². The highest BCUT2D eigenvalue weighted by Crippen LogP contribution is 2.31. The molecule has 5 nitrogen and oxygen atoms in total. The molecule has 1 saturated heterocycles. The van der Waals surface area contributed by atoms with Crippen molar-refractivity contribution in [2.75, 3.05) is 24.7 Å². The molecule has 126 valence electrons. The van der Waals surface area contributed by atoms with Crippen molar-refractivity contribution in [2.24, 2.45) is 5.92 Å². The third-order valence-corrected chi connectivity index (χ3v) is 6.13. The smallest absolute Gasteiger partial charge is 0.176 e. The second-order valence-electron chi connectivity index (χ2n) is 6.16. The highest BCUT2D eigenvalue weighted by atomic mass is 32.2.